The number of nitrogens with one attached hydrogen (secondary N) is 1. The molecule has 0 saturated heterocycles. The Kier molecular flexibility index (Phi) is 7.24. The summed E-state index contributed by atoms with van der Waals surface area (Å²) in [6.07, 6.45) is 13.5. The first-order chi connectivity index (χ1) is 19.1. The number of allylic oxidation sites excluding steroid dienone is 4. The van der Waals surface area contributed by atoms with Crippen LogP contribution in [0.2, 0.25) is 5.02 Å². The van der Waals surface area contributed by atoms with Gasteiger partial charge in [0.2, 0.25) is 10.0 Å². The SMILES string of the molecule is C[C@@H]1[C@@H](C)/C=C\C=C/[C@@H]2CC[C@H]2CN2C[C@@]3(CCCc4cc(Cl)ccc43)COc3ccc(cc32)C(=O)NS1(=O)=O. The van der Waals surface area contributed by atoms with Crippen LogP contribution in [0.4, 0.5) is 5.69 Å². The third-order valence-corrected chi connectivity index (χ3v) is 11.7. The monoisotopic (exact) mass is 580 g/mol. The first-order valence-electron chi connectivity index (χ1n) is 14.4. The van der Waals surface area contributed by atoms with Gasteiger partial charge >= 0.3 is 0 Å². The number of aryl methyl sites for hydroxylation is 1. The number of fused-ring (bicyclic) bond motifs is 4. The van der Waals surface area contributed by atoms with Gasteiger partial charge in [-0.2, -0.15) is 0 Å². The van der Waals surface area contributed by atoms with E-state index >= 15 is 0 Å². The highest BCUT2D eigenvalue weighted by Crippen LogP contribution is 2.46. The van der Waals surface area contributed by atoms with Crippen molar-refractivity contribution in [3.8, 4) is 5.75 Å². The molecule has 0 unspecified atom stereocenters. The van der Waals surface area contributed by atoms with E-state index in [2.05, 4.69) is 33.9 Å². The van der Waals surface area contributed by atoms with Crippen LogP contribution >= 0.6 is 11.6 Å². The summed E-state index contributed by atoms with van der Waals surface area (Å²) in [6, 6.07) is 11.5. The number of amides is 1. The zero-order valence-corrected chi connectivity index (χ0v) is 24.7. The van der Waals surface area contributed by atoms with Gasteiger partial charge in [-0.15, -0.1) is 0 Å². The van der Waals surface area contributed by atoms with Crippen molar-refractivity contribution in [3.05, 3.63) is 82.4 Å². The predicted octanol–water partition coefficient (Wildman–Crippen LogP) is 6.05. The molecule has 1 amide bonds. The van der Waals surface area contributed by atoms with Gasteiger partial charge in [0.1, 0.15) is 5.75 Å². The number of sulfonamides is 1. The molecular formula is C32H37ClN2O4S. The summed E-state index contributed by atoms with van der Waals surface area (Å²) in [6.45, 7) is 5.65. The smallest absolute Gasteiger partial charge is 0.264 e. The van der Waals surface area contributed by atoms with Crippen molar-refractivity contribution in [1.82, 2.24) is 4.72 Å². The summed E-state index contributed by atoms with van der Waals surface area (Å²) < 4.78 is 35.0. The van der Waals surface area contributed by atoms with Crippen molar-refractivity contribution in [2.75, 3.05) is 24.6 Å². The molecule has 5 atom stereocenters. The summed E-state index contributed by atoms with van der Waals surface area (Å²) in [5.41, 5.74) is 3.55. The molecule has 2 heterocycles. The molecule has 6 rings (SSSR count). The number of anilines is 1. The van der Waals surface area contributed by atoms with Crippen LogP contribution in [-0.4, -0.2) is 39.3 Å². The first kappa shape index (κ1) is 27.4. The summed E-state index contributed by atoms with van der Waals surface area (Å²) in [5, 5.41) is -0.00282. The third-order valence-electron chi connectivity index (χ3n) is 9.58. The Labute approximate surface area is 242 Å². The van der Waals surface area contributed by atoms with Gasteiger partial charge in [0, 0.05) is 29.1 Å². The van der Waals surface area contributed by atoms with Crippen LogP contribution in [0.15, 0.2) is 60.7 Å². The van der Waals surface area contributed by atoms with E-state index in [0.29, 0.717) is 24.0 Å². The number of carbonyl (C=O) groups is 1. The average molecular weight is 581 g/mol. The van der Waals surface area contributed by atoms with E-state index in [4.69, 9.17) is 16.3 Å². The second-order valence-corrected chi connectivity index (χ2v) is 14.6. The topological polar surface area (TPSA) is 75.7 Å². The van der Waals surface area contributed by atoms with Gasteiger partial charge in [-0.05, 0) is 98.2 Å². The number of rotatable bonds is 0. The molecule has 2 aliphatic carbocycles. The number of halogens is 1. The molecule has 8 heteroatoms. The summed E-state index contributed by atoms with van der Waals surface area (Å²) in [4.78, 5) is 15.7. The van der Waals surface area contributed by atoms with Crippen LogP contribution in [0, 0.1) is 17.8 Å². The maximum atomic E-state index is 13.3. The standard InChI is InChI=1S/C32H37ClN2O4S/c1-21-6-3-4-7-23-9-10-26(23)18-35-19-32(15-5-8-24-16-27(33)12-13-28(24)32)20-39-30-14-11-25(17-29(30)35)31(36)34-40(37,38)22(21)2/h3-4,6-7,11-14,16-17,21-23,26H,5,8-10,15,18-20H2,1-2H3,(H,34,36)/b6-3-,7-4-/t21-,22+,23+,26-,32-/m0/s1. The van der Waals surface area contributed by atoms with Crippen molar-refractivity contribution < 1.29 is 17.9 Å². The fourth-order valence-electron chi connectivity index (χ4n) is 6.78. The van der Waals surface area contributed by atoms with E-state index in [0.717, 1.165) is 61.7 Å². The summed E-state index contributed by atoms with van der Waals surface area (Å²) in [7, 11) is -3.88. The highest BCUT2D eigenvalue weighted by atomic mass is 35.5. The zero-order chi connectivity index (χ0) is 28.1. The van der Waals surface area contributed by atoms with Crippen LogP contribution in [0.25, 0.3) is 0 Å². The summed E-state index contributed by atoms with van der Waals surface area (Å²) >= 11 is 6.38. The van der Waals surface area contributed by atoms with E-state index in [1.807, 2.05) is 37.3 Å². The Morgan fingerprint density at radius 3 is 2.70 bits per heavy atom. The number of benzene rings is 2. The normalized spacial score (nSPS) is 32.9. The molecule has 1 spiro atoms. The van der Waals surface area contributed by atoms with Crippen LogP contribution in [-0.2, 0) is 21.9 Å². The minimum absolute atomic E-state index is 0.201. The lowest BCUT2D eigenvalue weighted by molar-refractivity contribution is 0.0981. The first-order valence-corrected chi connectivity index (χ1v) is 16.3. The molecule has 6 nitrogen and oxygen atoms in total. The molecule has 212 valence electrons. The highest BCUT2D eigenvalue weighted by Gasteiger charge is 2.43. The predicted molar refractivity (Wildman–Crippen MR) is 160 cm³/mol. The van der Waals surface area contributed by atoms with E-state index < -0.39 is 21.2 Å². The number of hydrogen-bond donors (Lipinski definition) is 1. The number of nitrogens with zero attached hydrogens (tertiary/aromatic N) is 1. The maximum Gasteiger partial charge on any atom is 0.264 e. The van der Waals surface area contributed by atoms with Crippen molar-refractivity contribution in [3.63, 3.8) is 0 Å². The summed E-state index contributed by atoms with van der Waals surface area (Å²) in [5.74, 6) is 0.815. The van der Waals surface area contributed by atoms with Crippen LogP contribution in [0.3, 0.4) is 0 Å². The molecule has 40 heavy (non-hydrogen) atoms. The Hall–Kier alpha value is -2.77. The molecule has 0 radical (unpaired) electrons. The van der Waals surface area contributed by atoms with Gasteiger partial charge in [-0.25, -0.2) is 13.1 Å². The fourth-order valence-corrected chi connectivity index (χ4v) is 8.19. The zero-order valence-electron chi connectivity index (χ0n) is 23.1. The Balaban J connectivity index is 1.43. The van der Waals surface area contributed by atoms with Crippen molar-refractivity contribution in [1.29, 1.82) is 0 Å². The Morgan fingerprint density at radius 2 is 1.90 bits per heavy atom. The van der Waals surface area contributed by atoms with E-state index in [1.54, 1.807) is 13.0 Å². The second-order valence-electron chi connectivity index (χ2n) is 12.1. The van der Waals surface area contributed by atoms with Crippen LogP contribution in [0.5, 0.6) is 5.75 Å². The second kappa shape index (κ2) is 10.6. The largest absolute Gasteiger partial charge is 0.490 e. The molecule has 4 aliphatic rings. The van der Waals surface area contributed by atoms with Gasteiger partial charge in [-0.3, -0.25) is 4.79 Å². The molecule has 0 aromatic heterocycles. The van der Waals surface area contributed by atoms with Gasteiger partial charge in [0.15, 0.2) is 0 Å². The van der Waals surface area contributed by atoms with Gasteiger partial charge in [-0.1, -0.05) is 48.9 Å². The maximum absolute atomic E-state index is 13.3. The molecule has 2 aromatic carbocycles. The van der Waals surface area contributed by atoms with E-state index in [9.17, 15) is 13.2 Å². The molecule has 2 aliphatic heterocycles. The molecule has 2 aromatic rings. The van der Waals surface area contributed by atoms with Crippen molar-refractivity contribution >= 4 is 33.2 Å². The van der Waals surface area contributed by atoms with Crippen molar-refractivity contribution in [2.45, 2.75) is 56.6 Å². The third kappa shape index (κ3) is 5.07. The molecule has 1 N–H and O–H groups in total. The van der Waals surface area contributed by atoms with Crippen molar-refractivity contribution in [2.24, 2.45) is 17.8 Å². The molecule has 1 saturated carbocycles. The van der Waals surface area contributed by atoms with Crippen LogP contribution in [0.1, 0.15) is 61.0 Å². The Morgan fingerprint density at radius 1 is 1.07 bits per heavy atom. The number of ether oxygens (including phenoxy) is 1. The quantitative estimate of drug-likeness (QED) is 0.410. The highest BCUT2D eigenvalue weighted by molar-refractivity contribution is 7.90. The number of carbonyl (C=O) groups excluding carboxylic acids is 1. The van der Waals surface area contributed by atoms with E-state index in [-0.39, 0.29) is 11.3 Å². The van der Waals surface area contributed by atoms with Crippen LogP contribution < -0.4 is 14.4 Å². The average Bonchev–Trinajstić information content (AvgIpc) is 3.06. The van der Waals surface area contributed by atoms with Gasteiger partial charge in [0.25, 0.3) is 5.91 Å². The molecule has 1 fully saturated rings. The lowest BCUT2D eigenvalue weighted by atomic mass is 9.69. The van der Waals surface area contributed by atoms with Gasteiger partial charge in [0.05, 0.1) is 17.5 Å². The van der Waals surface area contributed by atoms with Gasteiger partial charge < -0.3 is 9.64 Å². The minimum atomic E-state index is -3.88. The molecular weight excluding hydrogens is 544 g/mol. The lowest BCUT2D eigenvalue weighted by Gasteiger charge is -2.44. The minimum Gasteiger partial charge on any atom is -0.490 e. The number of hydrogen-bond acceptors (Lipinski definition) is 5. The van der Waals surface area contributed by atoms with E-state index in [1.165, 1.54) is 11.1 Å². The molecule has 2 bridgehead atoms. The lowest BCUT2D eigenvalue weighted by Crippen LogP contribution is -2.48. The Bertz CT molecular complexity index is 1490. The fraction of sp³-hybridized carbons (Fsp3) is 0.469.